The van der Waals surface area contributed by atoms with E-state index in [0.717, 1.165) is 0 Å². The molecule has 5 heteroatoms. The fraction of sp³-hybridized carbons (Fsp3) is 0.846. The molecule has 2 fully saturated rings. The van der Waals surface area contributed by atoms with Crippen LogP contribution in [0, 0.1) is 17.3 Å². The van der Waals surface area contributed by atoms with E-state index < -0.39 is 17.4 Å². The third kappa shape index (κ3) is 1.72. The second-order valence-corrected chi connectivity index (χ2v) is 5.75. The van der Waals surface area contributed by atoms with Gasteiger partial charge >= 0.3 is 11.9 Å². The average Bonchev–Trinajstić information content (AvgIpc) is 2.86. The zero-order valence-electron chi connectivity index (χ0n) is 11.3. The minimum Gasteiger partial charge on any atom is -0.468 e. The first-order chi connectivity index (χ1) is 8.37. The zero-order chi connectivity index (χ0) is 13.6. The molecule has 0 aromatic carbocycles. The van der Waals surface area contributed by atoms with Crippen molar-refractivity contribution in [2.75, 3.05) is 20.8 Å². The molecule has 0 bridgehead atoms. The Labute approximate surface area is 107 Å². The number of fused-ring (bicyclic) bond motifs is 1. The van der Waals surface area contributed by atoms with E-state index in [1.807, 2.05) is 13.8 Å². The van der Waals surface area contributed by atoms with E-state index in [1.165, 1.54) is 14.2 Å². The van der Waals surface area contributed by atoms with Gasteiger partial charge in [0.1, 0.15) is 0 Å². The lowest BCUT2D eigenvalue weighted by Crippen LogP contribution is -2.41. The van der Waals surface area contributed by atoms with Crippen molar-refractivity contribution in [2.45, 2.75) is 32.3 Å². The second kappa shape index (κ2) is 4.23. The van der Waals surface area contributed by atoms with Crippen LogP contribution in [0.25, 0.3) is 0 Å². The summed E-state index contributed by atoms with van der Waals surface area (Å²) in [6, 6.07) is 0. The normalized spacial score (nSPS) is 31.8. The Kier molecular flexibility index (Phi) is 3.13. The van der Waals surface area contributed by atoms with Crippen LogP contribution in [0.3, 0.4) is 0 Å². The molecule has 0 amide bonds. The number of hydrogen-bond acceptors (Lipinski definition) is 5. The Morgan fingerprint density at radius 3 is 2.11 bits per heavy atom. The second-order valence-electron chi connectivity index (χ2n) is 5.75. The van der Waals surface area contributed by atoms with Gasteiger partial charge in [0.2, 0.25) is 0 Å². The lowest BCUT2D eigenvalue weighted by Gasteiger charge is -2.28. The van der Waals surface area contributed by atoms with Gasteiger partial charge in [0, 0.05) is 0 Å². The van der Waals surface area contributed by atoms with Gasteiger partial charge in [0.25, 0.3) is 0 Å². The molecule has 2 unspecified atom stereocenters. The van der Waals surface area contributed by atoms with E-state index in [-0.39, 0.29) is 17.4 Å². The van der Waals surface area contributed by atoms with Gasteiger partial charge < -0.3 is 14.2 Å². The van der Waals surface area contributed by atoms with Crippen LogP contribution in [0.1, 0.15) is 26.7 Å². The van der Waals surface area contributed by atoms with Crippen molar-refractivity contribution < 1.29 is 23.8 Å². The first kappa shape index (κ1) is 13.3. The van der Waals surface area contributed by atoms with Gasteiger partial charge in [0.05, 0.1) is 26.4 Å². The molecule has 0 N–H and O–H groups in total. The summed E-state index contributed by atoms with van der Waals surface area (Å²) in [7, 11) is 2.62. The molecule has 0 spiro atoms. The molecular formula is C13H20O5. The van der Waals surface area contributed by atoms with Gasteiger partial charge in [-0.25, -0.2) is 0 Å². The molecule has 2 aliphatic rings. The number of esters is 2. The summed E-state index contributed by atoms with van der Waals surface area (Å²) in [6.07, 6.45) is 0.907. The summed E-state index contributed by atoms with van der Waals surface area (Å²) in [4.78, 5) is 24.0. The Morgan fingerprint density at radius 2 is 1.67 bits per heavy atom. The predicted octanol–water partition coefficient (Wildman–Crippen LogP) is 1.15. The van der Waals surface area contributed by atoms with Crippen molar-refractivity contribution in [3.63, 3.8) is 0 Å². The fourth-order valence-electron chi connectivity index (χ4n) is 3.44. The molecule has 102 valence electrons. The predicted molar refractivity (Wildman–Crippen MR) is 62.7 cm³/mol. The molecular weight excluding hydrogens is 236 g/mol. The van der Waals surface area contributed by atoms with Crippen molar-refractivity contribution >= 4 is 11.9 Å². The van der Waals surface area contributed by atoms with Crippen molar-refractivity contribution in [2.24, 2.45) is 17.3 Å². The summed E-state index contributed by atoms with van der Waals surface area (Å²) in [6.45, 7) is 4.60. The van der Waals surface area contributed by atoms with Crippen LogP contribution in [0.5, 0.6) is 0 Å². The molecule has 1 heterocycles. The largest absolute Gasteiger partial charge is 0.468 e. The average molecular weight is 256 g/mol. The maximum atomic E-state index is 12.0. The highest BCUT2D eigenvalue weighted by Crippen LogP contribution is 2.55. The molecule has 1 saturated heterocycles. The summed E-state index contributed by atoms with van der Waals surface area (Å²) < 4.78 is 15.3. The van der Waals surface area contributed by atoms with Gasteiger partial charge in [-0.3, -0.25) is 9.59 Å². The van der Waals surface area contributed by atoms with E-state index in [1.54, 1.807) is 0 Å². The van der Waals surface area contributed by atoms with Crippen LogP contribution in [-0.4, -0.2) is 38.4 Å². The molecule has 0 aromatic rings. The molecule has 18 heavy (non-hydrogen) atoms. The van der Waals surface area contributed by atoms with Crippen molar-refractivity contribution in [1.82, 2.24) is 0 Å². The first-order valence-corrected chi connectivity index (χ1v) is 6.18. The number of methoxy groups -OCH3 is 2. The van der Waals surface area contributed by atoms with Crippen molar-refractivity contribution in [1.29, 1.82) is 0 Å². The van der Waals surface area contributed by atoms with E-state index in [4.69, 9.17) is 14.2 Å². The van der Waals surface area contributed by atoms with Crippen molar-refractivity contribution in [3.8, 4) is 0 Å². The highest BCUT2D eigenvalue weighted by molar-refractivity contribution is 6.00. The summed E-state index contributed by atoms with van der Waals surface area (Å²) >= 11 is 0. The smallest absolute Gasteiger partial charge is 0.323 e. The van der Waals surface area contributed by atoms with Gasteiger partial charge in [-0.05, 0) is 38.5 Å². The lowest BCUT2D eigenvalue weighted by atomic mass is 9.82. The molecule has 0 aromatic heterocycles. The van der Waals surface area contributed by atoms with Crippen LogP contribution in [0.4, 0.5) is 0 Å². The molecule has 5 nitrogen and oxygen atoms in total. The number of carbonyl (C=O) groups is 2. The van der Waals surface area contributed by atoms with Crippen LogP contribution in [0.15, 0.2) is 0 Å². The SMILES string of the molecule is COC(=O)C1(C(=O)OC)CC2COC(C)(C)C2C1. The molecule has 0 radical (unpaired) electrons. The fourth-order valence-corrected chi connectivity index (χ4v) is 3.44. The minimum absolute atomic E-state index is 0.190. The quantitative estimate of drug-likeness (QED) is 0.548. The highest BCUT2D eigenvalue weighted by atomic mass is 16.5. The van der Waals surface area contributed by atoms with Crippen molar-refractivity contribution in [3.05, 3.63) is 0 Å². The van der Waals surface area contributed by atoms with Crippen LogP contribution in [-0.2, 0) is 23.8 Å². The number of carbonyl (C=O) groups excluding carboxylic acids is 2. The van der Waals surface area contributed by atoms with Gasteiger partial charge in [-0.15, -0.1) is 0 Å². The molecule has 1 aliphatic heterocycles. The van der Waals surface area contributed by atoms with E-state index in [0.29, 0.717) is 19.4 Å². The third-order valence-electron chi connectivity index (χ3n) is 4.46. The Hall–Kier alpha value is -1.10. The standard InChI is InChI=1S/C13H20O5/c1-12(2)9-6-13(10(14)16-3,11(15)17-4)5-8(9)7-18-12/h8-9H,5-7H2,1-4H3. The van der Waals surface area contributed by atoms with Gasteiger partial charge in [-0.1, -0.05) is 0 Å². The van der Waals surface area contributed by atoms with Crippen LogP contribution in [0.2, 0.25) is 0 Å². The first-order valence-electron chi connectivity index (χ1n) is 6.18. The molecule has 2 rings (SSSR count). The van der Waals surface area contributed by atoms with Crippen LogP contribution < -0.4 is 0 Å². The number of rotatable bonds is 2. The van der Waals surface area contributed by atoms with Gasteiger partial charge in [-0.2, -0.15) is 0 Å². The Balaban J connectivity index is 2.31. The summed E-state index contributed by atoms with van der Waals surface area (Å²) in [5.41, 5.74) is -1.44. The van der Waals surface area contributed by atoms with Crippen LogP contribution >= 0.6 is 0 Å². The summed E-state index contributed by atoms with van der Waals surface area (Å²) in [5.74, 6) is -0.562. The zero-order valence-corrected chi connectivity index (χ0v) is 11.3. The monoisotopic (exact) mass is 256 g/mol. The number of hydrogen-bond donors (Lipinski definition) is 0. The molecule has 2 atom stereocenters. The Morgan fingerprint density at radius 1 is 1.11 bits per heavy atom. The van der Waals surface area contributed by atoms with Gasteiger partial charge in [0.15, 0.2) is 5.41 Å². The Bertz CT molecular complexity index is 358. The maximum absolute atomic E-state index is 12.0. The lowest BCUT2D eigenvalue weighted by molar-refractivity contribution is -0.170. The van der Waals surface area contributed by atoms with E-state index in [9.17, 15) is 9.59 Å². The number of ether oxygens (including phenoxy) is 3. The highest BCUT2D eigenvalue weighted by Gasteiger charge is 2.62. The van der Waals surface area contributed by atoms with E-state index in [2.05, 4.69) is 0 Å². The van der Waals surface area contributed by atoms with E-state index >= 15 is 0 Å². The topological polar surface area (TPSA) is 61.8 Å². The molecule has 1 saturated carbocycles. The third-order valence-corrected chi connectivity index (χ3v) is 4.46. The molecule has 1 aliphatic carbocycles. The maximum Gasteiger partial charge on any atom is 0.323 e. The minimum atomic E-state index is -1.14. The summed E-state index contributed by atoms with van der Waals surface area (Å²) in [5, 5.41) is 0.